The van der Waals surface area contributed by atoms with Crippen LogP contribution in [0.1, 0.15) is 0 Å². The molecule has 0 aliphatic carbocycles. The molecule has 11 heavy (non-hydrogen) atoms. The Kier molecular flexibility index (Phi) is 4.74. The first kappa shape index (κ1) is 11.5. The Balaban J connectivity index is 4.36. The van der Waals surface area contributed by atoms with Crippen molar-refractivity contribution in [3.05, 3.63) is 0 Å². The molecular formula is C4H10NO3PS2. The van der Waals surface area contributed by atoms with Crippen LogP contribution in [0.25, 0.3) is 0 Å². The molecule has 0 heterocycles. The molecule has 0 aromatic carbocycles. The Bertz CT molecular complexity index is 150. The molecule has 2 N–H and O–H groups in total. The van der Waals surface area contributed by atoms with Gasteiger partial charge in [-0.05, 0) is 0 Å². The van der Waals surface area contributed by atoms with E-state index in [1.54, 1.807) is 0 Å². The smallest absolute Gasteiger partial charge is 0.252 e. The van der Waals surface area contributed by atoms with Crippen LogP contribution in [0.4, 0.5) is 0 Å². The fraction of sp³-hybridized carbons (Fsp3) is 0.750. The number of amides is 1. The Hall–Kier alpha value is 0.520. The molecule has 0 rings (SSSR count). The normalized spacial score (nSPS) is 12.1. The van der Waals surface area contributed by atoms with Crippen molar-refractivity contribution in [1.29, 1.82) is 0 Å². The van der Waals surface area contributed by atoms with Crippen molar-refractivity contribution in [2.24, 2.45) is 5.73 Å². The van der Waals surface area contributed by atoms with Crippen LogP contribution in [-0.4, -0.2) is 23.9 Å². The topological polar surface area (TPSA) is 61.6 Å². The molecule has 0 bridgehead atoms. The number of primary amides is 1. The quantitative estimate of drug-likeness (QED) is 0.365. The number of hydrogen-bond acceptors (Lipinski definition) is 5. The van der Waals surface area contributed by atoms with E-state index in [1.807, 2.05) is 0 Å². The molecular weight excluding hydrogens is 205 g/mol. The van der Waals surface area contributed by atoms with E-state index in [4.69, 9.17) is 14.8 Å². The zero-order valence-corrected chi connectivity index (χ0v) is 8.83. The van der Waals surface area contributed by atoms with Gasteiger partial charge in [-0.25, -0.2) is 0 Å². The number of thiol groups is 2. The van der Waals surface area contributed by atoms with Crippen molar-refractivity contribution >= 4 is 39.5 Å². The van der Waals surface area contributed by atoms with Gasteiger partial charge in [-0.1, -0.05) is 0 Å². The lowest BCUT2D eigenvalue weighted by atomic mass is 10.7. The largest absolute Gasteiger partial charge is 0.367 e. The van der Waals surface area contributed by atoms with Gasteiger partial charge in [-0.3, -0.25) is 4.79 Å². The van der Waals surface area contributed by atoms with Crippen LogP contribution in [0.2, 0.25) is 0 Å². The molecule has 4 nitrogen and oxygen atoms in total. The average Bonchev–Trinajstić information content (AvgIpc) is 1.89. The van der Waals surface area contributed by atoms with E-state index in [0.29, 0.717) is 0 Å². The molecule has 0 aliphatic heterocycles. The Labute approximate surface area is 77.5 Å². The van der Waals surface area contributed by atoms with E-state index in [2.05, 4.69) is 25.3 Å². The highest BCUT2D eigenvalue weighted by Crippen LogP contribution is 2.55. The molecule has 0 saturated carbocycles. The lowest BCUT2D eigenvalue weighted by Gasteiger charge is -2.24. The first-order valence-electron chi connectivity index (χ1n) is 2.60. The van der Waals surface area contributed by atoms with E-state index in [-0.39, 0.29) is 0 Å². The summed E-state index contributed by atoms with van der Waals surface area (Å²) in [5, 5.41) is 0. The average molecular weight is 215 g/mol. The van der Waals surface area contributed by atoms with Crippen LogP contribution in [0.5, 0.6) is 0 Å². The maximum Gasteiger partial charge on any atom is 0.252 e. The maximum atomic E-state index is 10.7. The monoisotopic (exact) mass is 215 g/mol. The van der Waals surface area contributed by atoms with Gasteiger partial charge in [0.1, 0.15) is 0 Å². The molecule has 7 heteroatoms. The Morgan fingerprint density at radius 2 is 1.82 bits per heavy atom. The summed E-state index contributed by atoms with van der Waals surface area (Å²) in [6.45, 7) is 0. The molecule has 1 amide bonds. The van der Waals surface area contributed by atoms with Crippen LogP contribution in [-0.2, 0) is 13.8 Å². The molecule has 0 atom stereocenters. The number of carbonyl (C=O) groups excluding carboxylic acids is 1. The molecule has 0 fully saturated rings. The van der Waals surface area contributed by atoms with Crippen molar-refractivity contribution < 1.29 is 13.8 Å². The van der Waals surface area contributed by atoms with Gasteiger partial charge >= 0.3 is 0 Å². The first-order valence-corrected chi connectivity index (χ1v) is 4.67. The lowest BCUT2D eigenvalue weighted by Crippen LogP contribution is -2.32. The summed E-state index contributed by atoms with van der Waals surface area (Å²) in [5.41, 5.74) is 4.99. The maximum absolute atomic E-state index is 10.7. The van der Waals surface area contributed by atoms with Crippen LogP contribution in [0.15, 0.2) is 0 Å². The van der Waals surface area contributed by atoms with Crippen LogP contribution in [0.3, 0.4) is 0 Å². The van der Waals surface area contributed by atoms with E-state index in [9.17, 15) is 4.79 Å². The molecule has 0 radical (unpaired) electrons. The summed E-state index contributed by atoms with van der Waals surface area (Å²) < 4.78 is 8.29. The van der Waals surface area contributed by atoms with Crippen molar-refractivity contribution in [1.82, 2.24) is 0 Å². The van der Waals surface area contributed by atoms with E-state index < -0.39 is 18.1 Å². The number of hydrogen-bond donors (Lipinski definition) is 3. The van der Waals surface area contributed by atoms with E-state index >= 15 is 0 Å². The Morgan fingerprint density at radius 1 is 1.45 bits per heavy atom. The number of rotatable bonds is 4. The van der Waals surface area contributed by atoms with Crippen molar-refractivity contribution in [3.8, 4) is 0 Å². The van der Waals surface area contributed by atoms with Gasteiger partial charge < -0.3 is 14.8 Å². The van der Waals surface area contributed by atoms with Gasteiger partial charge in [0.15, 0.2) is 0 Å². The molecule has 66 valence electrons. The third-order valence-corrected chi connectivity index (χ3v) is 3.73. The number of nitrogens with two attached hydrogens (primary N) is 1. The second-order valence-corrected chi connectivity index (χ2v) is 5.94. The highest BCUT2D eigenvalue weighted by atomic mass is 32.2. The molecule has 0 aromatic heterocycles. The summed E-state index contributed by atoms with van der Waals surface area (Å²) in [4.78, 5) is 10.7. The first-order chi connectivity index (χ1) is 4.96. The van der Waals surface area contributed by atoms with Crippen molar-refractivity contribution in [2.45, 2.75) is 3.82 Å². The third-order valence-electron chi connectivity index (χ3n) is 0.917. The highest BCUT2D eigenvalue weighted by Gasteiger charge is 2.39. The summed E-state index contributed by atoms with van der Waals surface area (Å²) in [5.74, 6) is -0.682. The second kappa shape index (κ2) is 4.52. The Morgan fingerprint density at radius 3 is 1.91 bits per heavy atom. The fourth-order valence-corrected chi connectivity index (χ4v) is 2.24. The van der Waals surface area contributed by atoms with Crippen molar-refractivity contribution in [3.63, 3.8) is 0 Å². The molecule has 0 unspecified atom stereocenters. The summed E-state index contributed by atoms with van der Waals surface area (Å²) in [7, 11) is 1.32. The van der Waals surface area contributed by atoms with Crippen molar-refractivity contribution in [2.75, 3.05) is 14.2 Å². The van der Waals surface area contributed by atoms with E-state index in [1.165, 1.54) is 14.2 Å². The summed E-state index contributed by atoms with van der Waals surface area (Å²) in [6, 6.07) is 0. The second-order valence-electron chi connectivity index (χ2n) is 1.62. The van der Waals surface area contributed by atoms with Gasteiger partial charge in [-0.2, -0.15) is 0 Å². The van der Waals surface area contributed by atoms with Gasteiger partial charge in [0.25, 0.3) is 5.91 Å². The van der Waals surface area contributed by atoms with Crippen LogP contribution in [0, 0.1) is 0 Å². The van der Waals surface area contributed by atoms with Gasteiger partial charge in [0.05, 0.1) is 0 Å². The van der Waals surface area contributed by atoms with Gasteiger partial charge in [-0.15, -0.1) is 25.3 Å². The third kappa shape index (κ3) is 2.80. The zero-order valence-electron chi connectivity index (χ0n) is 6.14. The number of carbonyl (C=O) groups is 1. The van der Waals surface area contributed by atoms with Gasteiger partial charge in [0.2, 0.25) is 12.2 Å². The molecule has 0 aromatic rings. The van der Waals surface area contributed by atoms with E-state index in [0.717, 1.165) is 0 Å². The lowest BCUT2D eigenvalue weighted by molar-refractivity contribution is -0.116. The molecule has 0 spiro atoms. The standard InChI is InChI=1S/C4H10NO3PS2/c1-7-9(8-2)4(10,11)3(5)6/h10-11H,1-2H3,(H2,5,6). The minimum atomic E-state index is -1.49. The zero-order chi connectivity index (χ0) is 9.07. The predicted octanol–water partition coefficient (Wildman–Crippen LogP) is 0.590. The highest BCUT2D eigenvalue weighted by molar-refractivity contribution is 8.11. The fourth-order valence-electron chi connectivity index (χ4n) is 0.419. The summed E-state index contributed by atoms with van der Waals surface area (Å²) >= 11 is 7.81. The predicted molar refractivity (Wildman–Crippen MR) is 50.8 cm³/mol. The molecule has 0 aliphatic rings. The minimum absolute atomic E-state index is 0.682. The van der Waals surface area contributed by atoms with Crippen LogP contribution < -0.4 is 5.73 Å². The molecule has 0 saturated heterocycles. The SMILES string of the molecule is COP(OC)C(S)(S)C(N)=O. The summed E-state index contributed by atoms with van der Waals surface area (Å²) in [6.07, 6.45) is 0. The van der Waals surface area contributed by atoms with Crippen LogP contribution >= 0.6 is 33.6 Å². The minimum Gasteiger partial charge on any atom is -0.367 e. The van der Waals surface area contributed by atoms with Gasteiger partial charge in [0, 0.05) is 14.2 Å².